The molecule has 3 rings (SSSR count). The molecule has 1 aliphatic rings. The van der Waals surface area contributed by atoms with Crippen molar-refractivity contribution in [1.29, 1.82) is 0 Å². The number of benzene rings is 1. The van der Waals surface area contributed by atoms with E-state index in [2.05, 4.69) is 10.2 Å². The van der Waals surface area contributed by atoms with Crippen LogP contribution in [0.4, 0.5) is 0 Å². The second-order valence-corrected chi connectivity index (χ2v) is 4.59. The molecule has 0 N–H and O–H groups in total. The Morgan fingerprint density at radius 3 is 2.62 bits per heavy atom. The lowest BCUT2D eigenvalue weighted by atomic mass is 10.1. The van der Waals surface area contributed by atoms with Crippen molar-refractivity contribution in [2.24, 2.45) is 0 Å². The highest BCUT2D eigenvalue weighted by molar-refractivity contribution is 5.68. The van der Waals surface area contributed by atoms with Gasteiger partial charge in [0.25, 0.3) is 0 Å². The zero-order valence-electron chi connectivity index (χ0n) is 11.9. The molecule has 1 atom stereocenters. The minimum absolute atomic E-state index is 0.186. The lowest BCUT2D eigenvalue weighted by molar-refractivity contribution is 0.262. The summed E-state index contributed by atoms with van der Waals surface area (Å²) in [5.74, 6) is 1.90. The Morgan fingerprint density at radius 1 is 1.14 bits per heavy atom. The van der Waals surface area contributed by atoms with Gasteiger partial charge in [-0.25, -0.2) is 0 Å². The molecule has 1 aromatic heterocycles. The fourth-order valence-corrected chi connectivity index (χ4v) is 1.88. The van der Waals surface area contributed by atoms with Gasteiger partial charge in [0.1, 0.15) is 24.2 Å². The van der Waals surface area contributed by atoms with Crippen molar-refractivity contribution < 1.29 is 18.9 Å². The zero-order chi connectivity index (χ0) is 14.7. The van der Waals surface area contributed by atoms with E-state index in [9.17, 15) is 0 Å². The number of ether oxygens (including phenoxy) is 4. The number of hydrogen-bond donors (Lipinski definition) is 0. The van der Waals surface area contributed by atoms with Gasteiger partial charge in [-0.3, -0.25) is 0 Å². The second-order valence-electron chi connectivity index (χ2n) is 4.59. The van der Waals surface area contributed by atoms with E-state index in [1.165, 1.54) is 0 Å². The fourth-order valence-electron chi connectivity index (χ4n) is 1.88. The highest BCUT2D eigenvalue weighted by Gasteiger charge is 2.24. The van der Waals surface area contributed by atoms with Gasteiger partial charge in [0.15, 0.2) is 0 Å². The van der Waals surface area contributed by atoms with Crippen LogP contribution in [0, 0.1) is 0 Å². The minimum Gasteiger partial charge on any atom is -0.497 e. The van der Waals surface area contributed by atoms with Gasteiger partial charge in [0.05, 0.1) is 26.5 Å². The number of rotatable bonds is 6. The van der Waals surface area contributed by atoms with Crippen LogP contribution >= 0.6 is 0 Å². The van der Waals surface area contributed by atoms with E-state index < -0.39 is 0 Å². The van der Waals surface area contributed by atoms with Gasteiger partial charge < -0.3 is 18.9 Å². The van der Waals surface area contributed by atoms with Crippen LogP contribution < -0.4 is 14.2 Å². The average Bonchev–Trinajstić information content (AvgIpc) is 3.37. The molecule has 1 aliphatic heterocycles. The number of nitrogens with zero attached hydrogens (tertiary/aromatic N) is 2. The Labute approximate surface area is 122 Å². The normalized spacial score (nSPS) is 16.4. The van der Waals surface area contributed by atoms with Crippen LogP contribution in [0.25, 0.3) is 11.3 Å². The molecule has 21 heavy (non-hydrogen) atoms. The number of aromatic nitrogens is 2. The summed E-state index contributed by atoms with van der Waals surface area (Å²) in [6.07, 6.45) is 0.186. The van der Waals surface area contributed by atoms with Gasteiger partial charge in [0.2, 0.25) is 5.88 Å². The van der Waals surface area contributed by atoms with E-state index in [1.54, 1.807) is 20.3 Å². The summed E-state index contributed by atoms with van der Waals surface area (Å²) in [6, 6.07) is 9.21. The van der Waals surface area contributed by atoms with E-state index in [4.69, 9.17) is 18.9 Å². The molecule has 0 aliphatic carbocycles. The van der Waals surface area contributed by atoms with E-state index >= 15 is 0 Å². The molecule has 0 spiro atoms. The van der Waals surface area contributed by atoms with E-state index in [-0.39, 0.29) is 6.10 Å². The van der Waals surface area contributed by atoms with Crippen LogP contribution in [0.3, 0.4) is 0 Å². The molecule has 1 fully saturated rings. The van der Waals surface area contributed by atoms with Crippen molar-refractivity contribution in [1.82, 2.24) is 10.2 Å². The molecule has 1 saturated heterocycles. The van der Waals surface area contributed by atoms with Gasteiger partial charge >= 0.3 is 0 Å². The molecule has 6 heteroatoms. The summed E-state index contributed by atoms with van der Waals surface area (Å²) in [5.41, 5.74) is 1.57. The zero-order valence-corrected chi connectivity index (χ0v) is 11.9. The lowest BCUT2D eigenvalue weighted by Crippen LogP contribution is -2.05. The van der Waals surface area contributed by atoms with Crippen LogP contribution in [0.1, 0.15) is 0 Å². The van der Waals surface area contributed by atoms with Gasteiger partial charge in [-0.05, 0) is 18.2 Å². The van der Waals surface area contributed by atoms with Gasteiger partial charge in [-0.2, -0.15) is 0 Å². The van der Waals surface area contributed by atoms with Crippen molar-refractivity contribution in [2.45, 2.75) is 6.10 Å². The Bertz CT molecular complexity index is 612. The van der Waals surface area contributed by atoms with Crippen LogP contribution in [-0.4, -0.2) is 43.7 Å². The molecular formula is C15H16N2O4. The summed E-state index contributed by atoms with van der Waals surface area (Å²) < 4.78 is 21.2. The highest BCUT2D eigenvalue weighted by atomic mass is 16.6. The molecule has 2 aromatic rings. The highest BCUT2D eigenvalue weighted by Crippen LogP contribution is 2.33. The van der Waals surface area contributed by atoms with Crippen LogP contribution in [0.2, 0.25) is 0 Å². The predicted molar refractivity (Wildman–Crippen MR) is 75.8 cm³/mol. The first-order valence-corrected chi connectivity index (χ1v) is 6.60. The molecule has 110 valence electrons. The largest absolute Gasteiger partial charge is 0.497 e. The third-order valence-electron chi connectivity index (χ3n) is 3.14. The predicted octanol–water partition coefficient (Wildman–Crippen LogP) is 1.94. The third-order valence-corrected chi connectivity index (χ3v) is 3.14. The first-order valence-electron chi connectivity index (χ1n) is 6.60. The summed E-state index contributed by atoms with van der Waals surface area (Å²) >= 11 is 0. The Hall–Kier alpha value is -2.34. The quantitative estimate of drug-likeness (QED) is 0.757. The summed E-state index contributed by atoms with van der Waals surface area (Å²) in [7, 11) is 3.18. The Balaban J connectivity index is 1.90. The molecule has 1 aromatic carbocycles. The molecule has 0 saturated carbocycles. The summed E-state index contributed by atoms with van der Waals surface area (Å²) in [6.45, 7) is 1.27. The molecule has 0 bridgehead atoms. The summed E-state index contributed by atoms with van der Waals surface area (Å²) in [5, 5.41) is 8.13. The topological polar surface area (TPSA) is 66.0 Å². The molecule has 1 unspecified atom stereocenters. The van der Waals surface area contributed by atoms with Crippen LogP contribution in [0.15, 0.2) is 30.3 Å². The Kier molecular flexibility index (Phi) is 3.87. The molecular weight excluding hydrogens is 272 g/mol. The van der Waals surface area contributed by atoms with Gasteiger partial charge in [0, 0.05) is 17.7 Å². The SMILES string of the molecule is COc1ccc(-c2ccc(OC)nn2)c(OCC2CO2)c1. The van der Waals surface area contributed by atoms with Crippen molar-refractivity contribution >= 4 is 0 Å². The van der Waals surface area contributed by atoms with E-state index in [0.717, 1.165) is 17.9 Å². The van der Waals surface area contributed by atoms with Crippen molar-refractivity contribution in [3.63, 3.8) is 0 Å². The first-order chi connectivity index (χ1) is 10.3. The maximum absolute atomic E-state index is 5.81. The number of methoxy groups -OCH3 is 2. The average molecular weight is 288 g/mol. The minimum atomic E-state index is 0.186. The maximum atomic E-state index is 5.81. The molecule has 6 nitrogen and oxygen atoms in total. The van der Waals surface area contributed by atoms with E-state index in [1.807, 2.05) is 24.3 Å². The molecule has 2 heterocycles. The van der Waals surface area contributed by atoms with Gasteiger partial charge in [-0.15, -0.1) is 10.2 Å². The smallest absolute Gasteiger partial charge is 0.233 e. The van der Waals surface area contributed by atoms with Crippen LogP contribution in [0.5, 0.6) is 17.4 Å². The number of epoxide rings is 1. The maximum Gasteiger partial charge on any atom is 0.233 e. The van der Waals surface area contributed by atoms with Crippen molar-refractivity contribution in [3.8, 4) is 28.6 Å². The standard InChI is InChI=1S/C15H16N2O4/c1-18-10-3-4-12(13-5-6-15(19-2)17-16-13)14(7-10)21-9-11-8-20-11/h3-7,11H,8-9H2,1-2H3. The summed E-state index contributed by atoms with van der Waals surface area (Å²) in [4.78, 5) is 0. The first kappa shape index (κ1) is 13.6. The van der Waals surface area contributed by atoms with E-state index in [0.29, 0.717) is 23.9 Å². The molecule has 0 amide bonds. The monoisotopic (exact) mass is 288 g/mol. The Morgan fingerprint density at radius 2 is 2.00 bits per heavy atom. The van der Waals surface area contributed by atoms with Gasteiger partial charge in [-0.1, -0.05) is 0 Å². The van der Waals surface area contributed by atoms with Crippen molar-refractivity contribution in [2.75, 3.05) is 27.4 Å². The van der Waals surface area contributed by atoms with Crippen molar-refractivity contribution in [3.05, 3.63) is 30.3 Å². The fraction of sp³-hybridized carbons (Fsp3) is 0.333. The van der Waals surface area contributed by atoms with Crippen LogP contribution in [-0.2, 0) is 4.74 Å². The second kappa shape index (κ2) is 5.97. The number of hydrogen-bond acceptors (Lipinski definition) is 6. The molecule has 0 radical (unpaired) electrons. The lowest BCUT2D eigenvalue weighted by Gasteiger charge is -2.12. The third kappa shape index (κ3) is 3.22.